The summed E-state index contributed by atoms with van der Waals surface area (Å²) < 4.78 is 34.5. The molecule has 1 fully saturated rings. The van der Waals surface area contributed by atoms with E-state index in [-0.39, 0.29) is 17.9 Å². The number of benzene rings is 1. The third-order valence-corrected chi connectivity index (χ3v) is 3.68. The lowest BCUT2D eigenvalue weighted by Crippen LogP contribution is -2.47. The number of ether oxygens (including phenoxy) is 1. The zero-order valence-corrected chi connectivity index (χ0v) is 12.3. The van der Waals surface area contributed by atoms with Gasteiger partial charge in [-0.05, 0) is 18.2 Å². The summed E-state index contributed by atoms with van der Waals surface area (Å²) in [4.78, 5) is 1.77. The molecule has 1 saturated heterocycles. The fraction of sp³-hybridized carbons (Fsp3) is 0.538. The molecule has 0 atom stereocenters. The van der Waals surface area contributed by atoms with Crippen LogP contribution in [0.5, 0.6) is 5.75 Å². The average molecular weight is 335 g/mol. The Morgan fingerprint density at radius 1 is 1.37 bits per heavy atom. The quantitative estimate of drug-likeness (QED) is 0.915. The summed E-state index contributed by atoms with van der Waals surface area (Å²) in [7, 11) is 1.41. The Morgan fingerprint density at radius 2 is 2.05 bits per heavy atom. The lowest BCUT2D eigenvalue weighted by Gasteiger charge is -2.31. The smallest absolute Gasteiger partial charge is 0.289 e. The van der Waals surface area contributed by atoms with Gasteiger partial charge in [0.15, 0.2) is 0 Å². The molecule has 0 spiro atoms. The second kappa shape index (κ2) is 6.15. The highest BCUT2D eigenvalue weighted by molar-refractivity contribution is 9.10. The van der Waals surface area contributed by atoms with Crippen LogP contribution in [0, 0.1) is 0 Å². The van der Waals surface area contributed by atoms with Gasteiger partial charge in [0, 0.05) is 30.7 Å². The van der Waals surface area contributed by atoms with Crippen molar-refractivity contribution in [3.05, 3.63) is 28.2 Å². The van der Waals surface area contributed by atoms with Crippen molar-refractivity contribution in [1.29, 1.82) is 0 Å². The van der Waals surface area contributed by atoms with E-state index in [4.69, 9.17) is 4.74 Å². The molecular weight excluding hydrogens is 318 g/mol. The molecule has 1 aliphatic rings. The van der Waals surface area contributed by atoms with E-state index in [1.807, 2.05) is 0 Å². The average Bonchev–Trinajstić information content (AvgIpc) is 2.39. The van der Waals surface area contributed by atoms with E-state index in [1.54, 1.807) is 17.0 Å². The maximum absolute atomic E-state index is 14.4. The summed E-state index contributed by atoms with van der Waals surface area (Å²) in [5, 5.41) is 3.15. The number of hydrogen-bond acceptors (Lipinski definition) is 3. The van der Waals surface area contributed by atoms with Crippen LogP contribution in [0.15, 0.2) is 22.7 Å². The van der Waals surface area contributed by atoms with E-state index >= 15 is 0 Å². The summed E-state index contributed by atoms with van der Waals surface area (Å²) in [6.07, 6.45) is 0. The first-order chi connectivity index (χ1) is 9.03. The van der Waals surface area contributed by atoms with Crippen LogP contribution in [0.3, 0.4) is 0 Å². The van der Waals surface area contributed by atoms with Gasteiger partial charge in [-0.2, -0.15) is 8.78 Å². The second-order valence-corrected chi connectivity index (χ2v) is 5.49. The van der Waals surface area contributed by atoms with E-state index in [2.05, 4.69) is 21.2 Å². The molecule has 1 aliphatic heterocycles. The van der Waals surface area contributed by atoms with Crippen molar-refractivity contribution in [3.8, 4) is 5.75 Å². The van der Waals surface area contributed by atoms with E-state index < -0.39 is 5.92 Å². The van der Waals surface area contributed by atoms with E-state index in [1.165, 1.54) is 13.2 Å². The second-order valence-electron chi connectivity index (χ2n) is 4.58. The first kappa shape index (κ1) is 14.7. The monoisotopic (exact) mass is 334 g/mol. The van der Waals surface area contributed by atoms with Crippen LogP contribution in [0.1, 0.15) is 5.56 Å². The minimum absolute atomic E-state index is 0.0668. The van der Waals surface area contributed by atoms with Crippen LogP contribution >= 0.6 is 15.9 Å². The number of methoxy groups -OCH3 is 1. The predicted molar refractivity (Wildman–Crippen MR) is 73.9 cm³/mol. The highest BCUT2D eigenvalue weighted by Crippen LogP contribution is 2.37. The molecule has 0 unspecified atom stereocenters. The van der Waals surface area contributed by atoms with Crippen molar-refractivity contribution >= 4 is 15.9 Å². The first-order valence-corrected chi connectivity index (χ1v) is 6.97. The molecular formula is C13H17BrF2N2O. The third-order valence-electron chi connectivity index (χ3n) is 3.19. The van der Waals surface area contributed by atoms with Crippen LogP contribution in [-0.2, 0) is 5.92 Å². The Labute approximate surface area is 120 Å². The minimum Gasteiger partial charge on any atom is -0.496 e. The van der Waals surface area contributed by atoms with Crippen molar-refractivity contribution in [2.24, 2.45) is 0 Å². The predicted octanol–water partition coefficient (Wildman–Crippen LogP) is 2.45. The number of nitrogens with one attached hydrogen (secondary N) is 1. The fourth-order valence-electron chi connectivity index (χ4n) is 2.20. The highest BCUT2D eigenvalue weighted by Gasteiger charge is 2.37. The Kier molecular flexibility index (Phi) is 4.76. The van der Waals surface area contributed by atoms with Gasteiger partial charge >= 0.3 is 0 Å². The molecule has 6 heteroatoms. The highest BCUT2D eigenvalue weighted by atomic mass is 79.9. The molecule has 0 aromatic heterocycles. The third kappa shape index (κ3) is 3.64. The largest absolute Gasteiger partial charge is 0.496 e. The van der Waals surface area contributed by atoms with Crippen molar-refractivity contribution in [2.45, 2.75) is 5.92 Å². The normalized spacial score (nSPS) is 17.5. The molecule has 1 N–H and O–H groups in total. The van der Waals surface area contributed by atoms with Crippen LogP contribution < -0.4 is 10.1 Å². The number of piperazine rings is 1. The van der Waals surface area contributed by atoms with Crippen molar-refractivity contribution in [1.82, 2.24) is 10.2 Å². The topological polar surface area (TPSA) is 24.5 Å². The summed E-state index contributed by atoms with van der Waals surface area (Å²) in [6, 6.07) is 4.69. The summed E-state index contributed by atoms with van der Waals surface area (Å²) >= 11 is 3.23. The van der Waals surface area contributed by atoms with Crippen LogP contribution in [0.4, 0.5) is 8.78 Å². The molecule has 19 heavy (non-hydrogen) atoms. The Balaban J connectivity index is 2.19. The van der Waals surface area contributed by atoms with E-state index in [0.717, 1.165) is 13.1 Å². The summed E-state index contributed by atoms with van der Waals surface area (Å²) in [6.45, 7) is 2.52. The molecule has 0 radical (unpaired) electrons. The zero-order valence-electron chi connectivity index (χ0n) is 10.8. The number of alkyl halides is 2. The van der Waals surface area contributed by atoms with Gasteiger partial charge in [-0.3, -0.25) is 4.90 Å². The standard InChI is InChI=1S/C13H17BrF2N2O/c1-19-12-3-2-10(14)8-11(12)13(15,16)9-18-6-4-17-5-7-18/h2-3,8,17H,4-7,9H2,1H3. The number of halogens is 3. The molecule has 2 rings (SSSR count). The molecule has 0 bridgehead atoms. The van der Waals surface area contributed by atoms with Gasteiger partial charge in [0.25, 0.3) is 5.92 Å². The van der Waals surface area contributed by atoms with E-state index in [0.29, 0.717) is 17.6 Å². The molecule has 1 aromatic carbocycles. The van der Waals surface area contributed by atoms with Gasteiger partial charge in [-0.25, -0.2) is 0 Å². The van der Waals surface area contributed by atoms with Gasteiger partial charge in [0.1, 0.15) is 5.75 Å². The fourth-order valence-corrected chi connectivity index (χ4v) is 2.56. The molecule has 1 heterocycles. The van der Waals surface area contributed by atoms with Gasteiger partial charge in [0.2, 0.25) is 0 Å². The molecule has 0 aliphatic carbocycles. The van der Waals surface area contributed by atoms with Gasteiger partial charge in [0.05, 0.1) is 19.2 Å². The summed E-state index contributed by atoms with van der Waals surface area (Å²) in [5.41, 5.74) is -0.0668. The zero-order chi connectivity index (χ0) is 13.9. The Hall–Kier alpha value is -0.720. The number of hydrogen-bond donors (Lipinski definition) is 1. The van der Waals surface area contributed by atoms with Crippen molar-refractivity contribution in [3.63, 3.8) is 0 Å². The van der Waals surface area contributed by atoms with Crippen LogP contribution in [-0.4, -0.2) is 44.7 Å². The molecule has 1 aromatic rings. The summed E-state index contributed by atoms with van der Waals surface area (Å²) in [5.74, 6) is -2.70. The number of nitrogens with zero attached hydrogens (tertiary/aromatic N) is 1. The molecule has 106 valence electrons. The molecule has 0 saturated carbocycles. The molecule has 0 amide bonds. The Bertz CT molecular complexity index is 437. The lowest BCUT2D eigenvalue weighted by atomic mass is 10.1. The SMILES string of the molecule is COc1ccc(Br)cc1C(F)(F)CN1CCNCC1. The Morgan fingerprint density at radius 3 is 2.68 bits per heavy atom. The van der Waals surface area contributed by atoms with Crippen molar-refractivity contribution < 1.29 is 13.5 Å². The van der Waals surface area contributed by atoms with E-state index in [9.17, 15) is 8.78 Å². The molecule has 3 nitrogen and oxygen atoms in total. The van der Waals surface area contributed by atoms with Gasteiger partial charge in [-0.15, -0.1) is 0 Å². The maximum Gasteiger partial charge on any atom is 0.289 e. The van der Waals surface area contributed by atoms with Gasteiger partial charge in [-0.1, -0.05) is 15.9 Å². The first-order valence-electron chi connectivity index (χ1n) is 6.18. The van der Waals surface area contributed by atoms with Crippen LogP contribution in [0.25, 0.3) is 0 Å². The van der Waals surface area contributed by atoms with Crippen LogP contribution in [0.2, 0.25) is 0 Å². The van der Waals surface area contributed by atoms with Crippen molar-refractivity contribution in [2.75, 3.05) is 39.8 Å². The number of rotatable bonds is 4. The lowest BCUT2D eigenvalue weighted by molar-refractivity contribution is -0.0417. The minimum atomic E-state index is -2.92. The van der Waals surface area contributed by atoms with Gasteiger partial charge < -0.3 is 10.1 Å². The maximum atomic E-state index is 14.4.